The number of esters is 3. The fraction of sp³-hybridized carbons (Fsp3) is 0.708. The zero-order valence-electron chi connectivity index (χ0n) is 51.2. The zero-order valence-corrected chi connectivity index (χ0v) is 51.2. The SMILES string of the molecule is CC/C=C\C/C=C\C/C=C\C/C=C\C/C=C\C/C=C\C/C=C\C/C=C\CCCCCCCCCCCCC(=O)OCC(COC(=O)CCCCCCCCCCCC)OC(=O)CCCCCCC/C=C\CCCCCCCC. The van der Waals surface area contributed by atoms with E-state index in [1.807, 2.05) is 0 Å². The van der Waals surface area contributed by atoms with Crippen molar-refractivity contribution in [2.45, 2.75) is 316 Å². The van der Waals surface area contributed by atoms with Gasteiger partial charge in [-0.3, -0.25) is 14.4 Å². The Bertz CT molecular complexity index is 1570. The summed E-state index contributed by atoms with van der Waals surface area (Å²) in [5.74, 6) is -0.886. The van der Waals surface area contributed by atoms with E-state index in [9.17, 15) is 14.4 Å². The van der Waals surface area contributed by atoms with E-state index in [1.165, 1.54) is 148 Å². The molecule has 0 aliphatic rings. The Morgan fingerprint density at radius 1 is 0.269 bits per heavy atom. The van der Waals surface area contributed by atoms with Crippen molar-refractivity contribution in [3.63, 3.8) is 0 Å². The van der Waals surface area contributed by atoms with E-state index >= 15 is 0 Å². The Kier molecular flexibility index (Phi) is 62.3. The molecule has 0 saturated heterocycles. The van der Waals surface area contributed by atoms with Gasteiger partial charge in [0.15, 0.2) is 6.10 Å². The summed E-state index contributed by atoms with van der Waals surface area (Å²) in [6.07, 6.45) is 89.7. The van der Waals surface area contributed by atoms with Crippen molar-refractivity contribution in [1.82, 2.24) is 0 Å². The molecule has 0 aliphatic carbocycles. The molecular weight excluding hydrogens is 961 g/mol. The second kappa shape index (κ2) is 65.6. The van der Waals surface area contributed by atoms with Crippen molar-refractivity contribution in [1.29, 1.82) is 0 Å². The summed E-state index contributed by atoms with van der Waals surface area (Å²) in [5.41, 5.74) is 0. The highest BCUT2D eigenvalue weighted by molar-refractivity contribution is 5.71. The summed E-state index contributed by atoms with van der Waals surface area (Å²) in [7, 11) is 0. The number of carbonyl (C=O) groups excluding carboxylic acids is 3. The third kappa shape index (κ3) is 62.9. The zero-order chi connectivity index (χ0) is 56.4. The molecule has 0 saturated carbocycles. The quantitative estimate of drug-likeness (QED) is 0.0261. The van der Waals surface area contributed by atoms with Crippen LogP contribution in [0.1, 0.15) is 310 Å². The third-order valence-electron chi connectivity index (χ3n) is 14.0. The van der Waals surface area contributed by atoms with Gasteiger partial charge in [0, 0.05) is 19.3 Å². The minimum absolute atomic E-state index is 0.0792. The summed E-state index contributed by atoms with van der Waals surface area (Å²) in [6, 6.07) is 0. The minimum atomic E-state index is -0.782. The van der Waals surface area contributed by atoms with Crippen LogP contribution in [0.25, 0.3) is 0 Å². The van der Waals surface area contributed by atoms with E-state index < -0.39 is 6.10 Å². The minimum Gasteiger partial charge on any atom is -0.462 e. The molecule has 78 heavy (non-hydrogen) atoms. The average Bonchev–Trinajstić information content (AvgIpc) is 3.44. The maximum Gasteiger partial charge on any atom is 0.306 e. The molecule has 0 aliphatic heterocycles. The highest BCUT2D eigenvalue weighted by atomic mass is 16.6. The molecule has 6 heteroatoms. The Hall–Kier alpha value is -3.93. The molecule has 0 fully saturated rings. The lowest BCUT2D eigenvalue weighted by atomic mass is 10.1. The molecule has 0 aromatic carbocycles. The summed E-state index contributed by atoms with van der Waals surface area (Å²) in [4.78, 5) is 38.2. The Balaban J connectivity index is 4.16. The van der Waals surface area contributed by atoms with Crippen molar-refractivity contribution < 1.29 is 28.6 Å². The highest BCUT2D eigenvalue weighted by Gasteiger charge is 2.19. The lowest BCUT2D eigenvalue weighted by Gasteiger charge is -2.18. The summed E-state index contributed by atoms with van der Waals surface area (Å²) in [5, 5.41) is 0. The Morgan fingerprint density at radius 3 is 0.795 bits per heavy atom. The van der Waals surface area contributed by atoms with Gasteiger partial charge in [0.05, 0.1) is 0 Å². The largest absolute Gasteiger partial charge is 0.462 e. The van der Waals surface area contributed by atoms with Gasteiger partial charge in [-0.05, 0) is 109 Å². The van der Waals surface area contributed by atoms with Crippen LogP contribution in [0.15, 0.2) is 109 Å². The van der Waals surface area contributed by atoms with Crippen LogP contribution in [0.2, 0.25) is 0 Å². The number of ether oxygens (including phenoxy) is 3. The van der Waals surface area contributed by atoms with Gasteiger partial charge >= 0.3 is 17.9 Å². The molecular formula is C72H122O6. The molecule has 0 spiro atoms. The van der Waals surface area contributed by atoms with Crippen molar-refractivity contribution in [3.8, 4) is 0 Å². The number of allylic oxidation sites excluding steroid dienone is 18. The van der Waals surface area contributed by atoms with Crippen LogP contribution < -0.4 is 0 Å². The number of hydrogen-bond acceptors (Lipinski definition) is 6. The first-order chi connectivity index (χ1) is 38.5. The normalized spacial score (nSPS) is 12.8. The van der Waals surface area contributed by atoms with Crippen LogP contribution in [0, 0.1) is 0 Å². The second-order valence-corrected chi connectivity index (χ2v) is 21.6. The third-order valence-corrected chi connectivity index (χ3v) is 14.0. The van der Waals surface area contributed by atoms with E-state index in [0.29, 0.717) is 19.3 Å². The van der Waals surface area contributed by atoms with Crippen molar-refractivity contribution in [3.05, 3.63) is 109 Å². The fourth-order valence-electron chi connectivity index (χ4n) is 9.10. The van der Waals surface area contributed by atoms with Crippen LogP contribution in [-0.4, -0.2) is 37.2 Å². The fourth-order valence-corrected chi connectivity index (χ4v) is 9.10. The summed E-state index contributed by atoms with van der Waals surface area (Å²) < 4.78 is 16.9. The maximum atomic E-state index is 12.9. The van der Waals surface area contributed by atoms with Crippen LogP contribution in [0.4, 0.5) is 0 Å². The number of rotatable bonds is 59. The monoisotopic (exact) mass is 1080 g/mol. The first kappa shape index (κ1) is 74.1. The van der Waals surface area contributed by atoms with Crippen molar-refractivity contribution in [2.75, 3.05) is 13.2 Å². The molecule has 0 rings (SSSR count). The van der Waals surface area contributed by atoms with E-state index in [0.717, 1.165) is 122 Å². The van der Waals surface area contributed by atoms with E-state index in [4.69, 9.17) is 14.2 Å². The molecule has 0 aromatic rings. The van der Waals surface area contributed by atoms with Gasteiger partial charge in [0.2, 0.25) is 0 Å². The second-order valence-electron chi connectivity index (χ2n) is 21.6. The molecule has 446 valence electrons. The smallest absolute Gasteiger partial charge is 0.306 e. The highest BCUT2D eigenvalue weighted by Crippen LogP contribution is 2.16. The first-order valence-corrected chi connectivity index (χ1v) is 32.9. The van der Waals surface area contributed by atoms with Crippen LogP contribution in [0.5, 0.6) is 0 Å². The van der Waals surface area contributed by atoms with Gasteiger partial charge in [0.1, 0.15) is 13.2 Å². The van der Waals surface area contributed by atoms with Gasteiger partial charge in [-0.2, -0.15) is 0 Å². The van der Waals surface area contributed by atoms with Gasteiger partial charge in [0.25, 0.3) is 0 Å². The molecule has 6 nitrogen and oxygen atoms in total. The van der Waals surface area contributed by atoms with Gasteiger partial charge in [-0.15, -0.1) is 0 Å². The molecule has 0 amide bonds. The molecule has 0 bridgehead atoms. The molecule has 0 radical (unpaired) electrons. The lowest BCUT2D eigenvalue weighted by Crippen LogP contribution is -2.30. The number of hydrogen-bond donors (Lipinski definition) is 0. The number of carbonyl (C=O) groups is 3. The average molecular weight is 1080 g/mol. The summed E-state index contributed by atoms with van der Waals surface area (Å²) in [6.45, 7) is 6.51. The predicted octanol–water partition coefficient (Wildman–Crippen LogP) is 22.6. The molecule has 0 heterocycles. The van der Waals surface area contributed by atoms with Gasteiger partial charge in [-0.25, -0.2) is 0 Å². The van der Waals surface area contributed by atoms with Crippen LogP contribution in [0.3, 0.4) is 0 Å². The van der Waals surface area contributed by atoms with Crippen LogP contribution >= 0.6 is 0 Å². The summed E-state index contributed by atoms with van der Waals surface area (Å²) >= 11 is 0. The lowest BCUT2D eigenvalue weighted by molar-refractivity contribution is -0.167. The van der Waals surface area contributed by atoms with Crippen molar-refractivity contribution in [2.24, 2.45) is 0 Å². The maximum absolute atomic E-state index is 12.9. The molecule has 1 unspecified atom stereocenters. The molecule has 0 N–H and O–H groups in total. The molecule has 1 atom stereocenters. The first-order valence-electron chi connectivity index (χ1n) is 32.9. The van der Waals surface area contributed by atoms with Gasteiger partial charge < -0.3 is 14.2 Å². The van der Waals surface area contributed by atoms with E-state index in [-0.39, 0.29) is 31.1 Å². The predicted molar refractivity (Wildman–Crippen MR) is 339 cm³/mol. The van der Waals surface area contributed by atoms with E-state index in [2.05, 4.69) is 130 Å². The standard InChI is InChI=1S/C72H122O6/c1-4-7-10-13-16-19-22-24-26-27-28-29-30-31-32-33-34-35-36-37-38-39-40-41-42-43-44-45-47-48-50-53-56-59-62-65-71(74)77-68-69(67-76-70(73)64-61-58-55-52-21-18-15-12-9-6-3)78-72(75)66-63-60-57-54-51-49-46-25-23-20-17-14-11-8-5-2/h7,10,16,19,24-26,28-29,31-32,34-35,37-38,40-41,46,69H,4-6,8-9,11-15,17-18,20-23,27,30,33,36,39,42-45,47-68H2,1-3H3/b10-7-,19-16-,26-24-,29-28-,32-31-,35-34-,38-37-,41-40-,46-25-. The van der Waals surface area contributed by atoms with Crippen molar-refractivity contribution >= 4 is 17.9 Å². The Morgan fingerprint density at radius 2 is 0.500 bits per heavy atom. The topological polar surface area (TPSA) is 78.9 Å². The Labute approximate surface area is 482 Å². The van der Waals surface area contributed by atoms with Gasteiger partial charge in [-0.1, -0.05) is 291 Å². The molecule has 0 aromatic heterocycles. The van der Waals surface area contributed by atoms with Crippen LogP contribution in [-0.2, 0) is 28.6 Å². The number of unbranched alkanes of at least 4 members (excludes halogenated alkanes) is 30. The van der Waals surface area contributed by atoms with E-state index in [1.54, 1.807) is 0 Å².